The SMILES string of the molecule is CCCCOc1ccccc1NC(=O)C1CCN(S(C)(=O)=O)CC1. The van der Waals surface area contributed by atoms with Gasteiger partial charge in [-0.15, -0.1) is 0 Å². The number of nitrogens with zero attached hydrogens (tertiary/aromatic N) is 1. The Labute approximate surface area is 144 Å². The number of unbranched alkanes of at least 4 members (excludes halogenated alkanes) is 1. The molecule has 1 saturated heterocycles. The van der Waals surface area contributed by atoms with Crippen molar-refractivity contribution in [2.24, 2.45) is 5.92 Å². The highest BCUT2D eigenvalue weighted by atomic mass is 32.2. The van der Waals surface area contributed by atoms with Crippen LogP contribution in [0.25, 0.3) is 0 Å². The van der Waals surface area contributed by atoms with E-state index in [4.69, 9.17) is 4.74 Å². The van der Waals surface area contributed by atoms with E-state index >= 15 is 0 Å². The minimum Gasteiger partial charge on any atom is -0.491 e. The summed E-state index contributed by atoms with van der Waals surface area (Å²) in [6.07, 6.45) is 4.30. The highest BCUT2D eigenvalue weighted by molar-refractivity contribution is 7.88. The molecule has 0 radical (unpaired) electrons. The first-order valence-electron chi connectivity index (χ1n) is 8.39. The van der Waals surface area contributed by atoms with Gasteiger partial charge in [-0.3, -0.25) is 4.79 Å². The van der Waals surface area contributed by atoms with Gasteiger partial charge in [0.25, 0.3) is 0 Å². The second-order valence-corrected chi connectivity index (χ2v) is 8.11. The van der Waals surface area contributed by atoms with Gasteiger partial charge in [-0.1, -0.05) is 25.5 Å². The number of hydrogen-bond acceptors (Lipinski definition) is 4. The van der Waals surface area contributed by atoms with Crippen molar-refractivity contribution < 1.29 is 17.9 Å². The molecule has 1 aromatic carbocycles. The molecule has 1 aromatic rings. The van der Waals surface area contributed by atoms with Gasteiger partial charge in [0.1, 0.15) is 5.75 Å². The van der Waals surface area contributed by atoms with Crippen LogP contribution in [0, 0.1) is 5.92 Å². The van der Waals surface area contributed by atoms with Crippen LogP contribution in [0.2, 0.25) is 0 Å². The van der Waals surface area contributed by atoms with Crippen molar-refractivity contribution in [3.63, 3.8) is 0 Å². The molecule has 0 aromatic heterocycles. The third kappa shape index (κ3) is 5.21. The van der Waals surface area contributed by atoms with Gasteiger partial charge in [-0.05, 0) is 31.4 Å². The van der Waals surface area contributed by atoms with Crippen LogP contribution in [0.3, 0.4) is 0 Å². The van der Waals surface area contributed by atoms with E-state index in [-0.39, 0.29) is 11.8 Å². The van der Waals surface area contributed by atoms with Crippen molar-refractivity contribution in [2.75, 3.05) is 31.3 Å². The molecule has 0 aliphatic carbocycles. The fourth-order valence-corrected chi connectivity index (χ4v) is 3.58. The second-order valence-electron chi connectivity index (χ2n) is 6.12. The van der Waals surface area contributed by atoms with Crippen LogP contribution in [-0.2, 0) is 14.8 Å². The molecule has 1 heterocycles. The summed E-state index contributed by atoms with van der Waals surface area (Å²) in [5.74, 6) is 0.425. The molecule has 0 saturated carbocycles. The molecule has 134 valence electrons. The van der Waals surface area contributed by atoms with Gasteiger partial charge in [-0.25, -0.2) is 12.7 Å². The van der Waals surface area contributed by atoms with Crippen LogP contribution >= 0.6 is 0 Å². The molecule has 0 atom stereocenters. The molecule has 6 nitrogen and oxygen atoms in total. The van der Waals surface area contributed by atoms with Crippen molar-refractivity contribution in [3.05, 3.63) is 24.3 Å². The predicted molar refractivity (Wildman–Crippen MR) is 94.6 cm³/mol. The molecule has 0 bridgehead atoms. The van der Waals surface area contributed by atoms with Gasteiger partial charge in [-0.2, -0.15) is 0 Å². The minimum atomic E-state index is -3.17. The molecular formula is C17H26N2O4S. The number of amides is 1. The third-order valence-electron chi connectivity index (χ3n) is 4.19. The summed E-state index contributed by atoms with van der Waals surface area (Å²) in [5, 5.41) is 2.93. The number of nitrogens with one attached hydrogen (secondary N) is 1. The first kappa shape index (κ1) is 18.7. The van der Waals surface area contributed by atoms with E-state index in [0.717, 1.165) is 12.8 Å². The normalized spacial score (nSPS) is 16.8. The number of carbonyl (C=O) groups excluding carboxylic acids is 1. The zero-order chi connectivity index (χ0) is 17.6. The van der Waals surface area contributed by atoms with Crippen molar-refractivity contribution in [3.8, 4) is 5.75 Å². The van der Waals surface area contributed by atoms with Gasteiger partial charge in [0.15, 0.2) is 0 Å². The number of ether oxygens (including phenoxy) is 1. The molecule has 1 N–H and O–H groups in total. The van der Waals surface area contributed by atoms with Crippen LogP contribution in [-0.4, -0.2) is 44.6 Å². The summed E-state index contributed by atoms with van der Waals surface area (Å²) in [5.41, 5.74) is 0.671. The summed E-state index contributed by atoms with van der Waals surface area (Å²) < 4.78 is 30.2. The van der Waals surface area contributed by atoms with Crippen LogP contribution in [0.1, 0.15) is 32.6 Å². The molecule has 0 spiro atoms. The lowest BCUT2D eigenvalue weighted by molar-refractivity contribution is -0.120. The fraction of sp³-hybridized carbons (Fsp3) is 0.588. The zero-order valence-corrected chi connectivity index (χ0v) is 15.1. The summed E-state index contributed by atoms with van der Waals surface area (Å²) in [4.78, 5) is 12.5. The Morgan fingerprint density at radius 3 is 2.58 bits per heavy atom. The molecule has 0 unspecified atom stereocenters. The standard InChI is InChI=1S/C17H26N2O4S/c1-3-4-13-23-16-8-6-5-7-15(16)18-17(20)14-9-11-19(12-10-14)24(2,21)22/h5-8,14H,3-4,9-13H2,1-2H3,(H,18,20). The lowest BCUT2D eigenvalue weighted by Gasteiger charge is -2.29. The van der Waals surface area contributed by atoms with E-state index in [1.54, 1.807) is 0 Å². The highest BCUT2D eigenvalue weighted by Gasteiger charge is 2.29. The van der Waals surface area contributed by atoms with Gasteiger partial charge in [0.2, 0.25) is 15.9 Å². The maximum absolute atomic E-state index is 12.5. The van der Waals surface area contributed by atoms with E-state index in [1.165, 1.54) is 10.6 Å². The number of anilines is 1. The second kappa shape index (κ2) is 8.48. The fourth-order valence-electron chi connectivity index (χ4n) is 2.71. The Hall–Kier alpha value is -1.60. The van der Waals surface area contributed by atoms with Crippen LogP contribution < -0.4 is 10.1 Å². The van der Waals surface area contributed by atoms with E-state index in [0.29, 0.717) is 44.0 Å². The Balaban J connectivity index is 1.93. The quantitative estimate of drug-likeness (QED) is 0.763. The van der Waals surface area contributed by atoms with Crippen molar-refractivity contribution in [1.82, 2.24) is 4.31 Å². The van der Waals surface area contributed by atoms with Gasteiger partial charge < -0.3 is 10.1 Å². The number of hydrogen-bond donors (Lipinski definition) is 1. The number of carbonyl (C=O) groups is 1. The lowest BCUT2D eigenvalue weighted by Crippen LogP contribution is -2.40. The maximum Gasteiger partial charge on any atom is 0.227 e. The van der Waals surface area contributed by atoms with Gasteiger partial charge in [0.05, 0.1) is 18.6 Å². The molecule has 1 aliphatic heterocycles. The van der Waals surface area contributed by atoms with Crippen LogP contribution in [0.5, 0.6) is 5.75 Å². The third-order valence-corrected chi connectivity index (χ3v) is 5.50. The largest absolute Gasteiger partial charge is 0.491 e. The lowest BCUT2D eigenvalue weighted by atomic mass is 9.97. The molecular weight excluding hydrogens is 328 g/mol. The first-order chi connectivity index (χ1) is 11.4. The first-order valence-corrected chi connectivity index (χ1v) is 10.2. The van der Waals surface area contributed by atoms with E-state index in [1.807, 2.05) is 24.3 Å². The van der Waals surface area contributed by atoms with Crippen molar-refractivity contribution >= 4 is 21.6 Å². The molecule has 1 aliphatic rings. The zero-order valence-electron chi connectivity index (χ0n) is 14.3. The Bertz CT molecular complexity index is 652. The van der Waals surface area contributed by atoms with Gasteiger partial charge in [0, 0.05) is 19.0 Å². The number of rotatable bonds is 7. The highest BCUT2D eigenvalue weighted by Crippen LogP contribution is 2.26. The summed E-state index contributed by atoms with van der Waals surface area (Å²) in [6.45, 7) is 3.51. The van der Waals surface area contributed by atoms with E-state index in [2.05, 4.69) is 12.2 Å². The number of sulfonamides is 1. The van der Waals surface area contributed by atoms with Gasteiger partial charge >= 0.3 is 0 Å². The predicted octanol–water partition coefficient (Wildman–Crippen LogP) is 2.48. The Morgan fingerprint density at radius 2 is 1.96 bits per heavy atom. The molecule has 1 fully saturated rings. The summed E-state index contributed by atoms with van der Waals surface area (Å²) in [6, 6.07) is 7.40. The molecule has 1 amide bonds. The number of piperidine rings is 1. The summed E-state index contributed by atoms with van der Waals surface area (Å²) in [7, 11) is -3.17. The smallest absolute Gasteiger partial charge is 0.227 e. The number of benzene rings is 1. The summed E-state index contributed by atoms with van der Waals surface area (Å²) >= 11 is 0. The monoisotopic (exact) mass is 354 g/mol. The Kier molecular flexibility index (Phi) is 6.62. The molecule has 24 heavy (non-hydrogen) atoms. The maximum atomic E-state index is 12.5. The molecule has 7 heteroatoms. The number of para-hydroxylation sites is 2. The average molecular weight is 354 g/mol. The van der Waals surface area contributed by atoms with Crippen molar-refractivity contribution in [2.45, 2.75) is 32.6 Å². The van der Waals surface area contributed by atoms with E-state index < -0.39 is 10.0 Å². The van der Waals surface area contributed by atoms with Crippen LogP contribution in [0.15, 0.2) is 24.3 Å². The minimum absolute atomic E-state index is 0.0744. The van der Waals surface area contributed by atoms with E-state index in [9.17, 15) is 13.2 Å². The topological polar surface area (TPSA) is 75.7 Å². The average Bonchev–Trinajstić information content (AvgIpc) is 2.56. The van der Waals surface area contributed by atoms with Crippen LogP contribution in [0.4, 0.5) is 5.69 Å². The van der Waals surface area contributed by atoms with Crippen molar-refractivity contribution in [1.29, 1.82) is 0 Å². The molecule has 2 rings (SSSR count). The Morgan fingerprint density at radius 1 is 1.29 bits per heavy atom.